The Hall–Kier alpha value is -3.80. The molecule has 0 unspecified atom stereocenters. The van der Waals surface area contributed by atoms with Gasteiger partial charge in [-0.3, -0.25) is 14.6 Å². The molecule has 0 saturated carbocycles. The molecule has 1 aromatic heterocycles. The smallest absolute Gasteiger partial charge is 0.328 e. The Bertz CT molecular complexity index is 986. The Morgan fingerprint density at radius 1 is 0.862 bits per heavy atom. The number of hydrogen-bond donors (Lipinski definition) is 1. The lowest BCUT2D eigenvalue weighted by Gasteiger charge is -2.17. The van der Waals surface area contributed by atoms with Crippen LogP contribution in [0.15, 0.2) is 79.1 Å². The van der Waals surface area contributed by atoms with Crippen LogP contribution in [0.3, 0.4) is 0 Å². The summed E-state index contributed by atoms with van der Waals surface area (Å²) in [5, 5.41) is 2.69. The van der Waals surface area contributed by atoms with Crippen molar-refractivity contribution in [2.45, 2.75) is 12.5 Å². The van der Waals surface area contributed by atoms with Gasteiger partial charge >= 0.3 is 5.97 Å². The van der Waals surface area contributed by atoms with E-state index in [0.29, 0.717) is 16.7 Å². The van der Waals surface area contributed by atoms with E-state index in [2.05, 4.69) is 10.3 Å². The zero-order chi connectivity index (χ0) is 20.6. The average Bonchev–Trinajstić information content (AvgIpc) is 2.79. The number of amides is 1. The van der Waals surface area contributed by atoms with Crippen LogP contribution in [-0.4, -0.2) is 35.8 Å². The number of esters is 1. The van der Waals surface area contributed by atoms with Crippen LogP contribution >= 0.6 is 0 Å². The van der Waals surface area contributed by atoms with Gasteiger partial charge in [0.1, 0.15) is 6.04 Å². The van der Waals surface area contributed by atoms with Gasteiger partial charge in [-0.2, -0.15) is 0 Å². The van der Waals surface area contributed by atoms with Crippen LogP contribution in [0.1, 0.15) is 31.8 Å². The molecular weight excluding hydrogens is 368 g/mol. The first-order valence-corrected chi connectivity index (χ1v) is 9.06. The van der Waals surface area contributed by atoms with Gasteiger partial charge in [-0.1, -0.05) is 54.6 Å². The Kier molecular flexibility index (Phi) is 6.47. The van der Waals surface area contributed by atoms with Crippen LogP contribution in [0.25, 0.3) is 0 Å². The topological polar surface area (TPSA) is 85.4 Å². The van der Waals surface area contributed by atoms with Gasteiger partial charge in [0.25, 0.3) is 5.91 Å². The van der Waals surface area contributed by atoms with E-state index in [4.69, 9.17) is 4.74 Å². The number of carbonyl (C=O) groups is 3. The quantitative estimate of drug-likeness (QED) is 0.497. The van der Waals surface area contributed by atoms with Crippen molar-refractivity contribution in [1.29, 1.82) is 0 Å². The summed E-state index contributed by atoms with van der Waals surface area (Å²) in [5.74, 6) is -1.01. The summed E-state index contributed by atoms with van der Waals surface area (Å²) in [6, 6.07) is 18.2. The molecule has 29 heavy (non-hydrogen) atoms. The standard InChI is InChI=1S/C23H20N2O4/c1-29-23(28)20(25-22(27)19-11-13-24-14-12-19)15-16-7-9-18(10-8-16)21(26)17-5-3-2-4-6-17/h2-14,20H,15H2,1H3,(H,25,27)/t20-/m0/s1. The number of aromatic nitrogens is 1. The van der Waals surface area contributed by atoms with Gasteiger partial charge in [0.2, 0.25) is 0 Å². The number of nitrogens with one attached hydrogen (secondary N) is 1. The van der Waals surface area contributed by atoms with E-state index in [0.717, 1.165) is 5.56 Å². The number of methoxy groups -OCH3 is 1. The first kappa shape index (κ1) is 19.9. The van der Waals surface area contributed by atoms with E-state index >= 15 is 0 Å². The third-order valence-corrected chi connectivity index (χ3v) is 4.43. The maximum absolute atomic E-state index is 12.5. The highest BCUT2D eigenvalue weighted by Gasteiger charge is 2.22. The Morgan fingerprint density at radius 2 is 1.48 bits per heavy atom. The Labute approximate surface area is 168 Å². The minimum Gasteiger partial charge on any atom is -0.467 e. The molecule has 0 fully saturated rings. The van der Waals surface area contributed by atoms with Gasteiger partial charge < -0.3 is 10.1 Å². The van der Waals surface area contributed by atoms with Gasteiger partial charge in [-0.25, -0.2) is 4.79 Å². The molecule has 2 aromatic carbocycles. The number of hydrogen-bond acceptors (Lipinski definition) is 5. The second-order valence-electron chi connectivity index (χ2n) is 6.38. The molecule has 146 valence electrons. The highest BCUT2D eigenvalue weighted by molar-refractivity contribution is 6.08. The van der Waals surface area contributed by atoms with Crippen molar-refractivity contribution in [3.63, 3.8) is 0 Å². The average molecular weight is 388 g/mol. The predicted octanol–water partition coefficient (Wildman–Crippen LogP) is 2.83. The van der Waals surface area contributed by atoms with Gasteiger partial charge in [-0.05, 0) is 17.7 Å². The van der Waals surface area contributed by atoms with Gasteiger partial charge in [0, 0.05) is 35.5 Å². The Morgan fingerprint density at radius 3 is 2.10 bits per heavy atom. The molecule has 1 heterocycles. The fourth-order valence-corrected chi connectivity index (χ4v) is 2.86. The molecule has 3 rings (SSSR count). The maximum Gasteiger partial charge on any atom is 0.328 e. The lowest BCUT2D eigenvalue weighted by atomic mass is 9.99. The van der Waals surface area contributed by atoms with Crippen molar-refractivity contribution in [3.8, 4) is 0 Å². The molecule has 0 aliphatic heterocycles. The molecule has 0 aliphatic rings. The SMILES string of the molecule is COC(=O)[C@H](Cc1ccc(C(=O)c2ccccc2)cc1)NC(=O)c1ccncc1. The molecule has 1 amide bonds. The van der Waals surface area contributed by atoms with Crippen LogP contribution in [0.2, 0.25) is 0 Å². The van der Waals surface area contributed by atoms with Crippen molar-refractivity contribution in [1.82, 2.24) is 10.3 Å². The van der Waals surface area contributed by atoms with Crippen molar-refractivity contribution >= 4 is 17.7 Å². The van der Waals surface area contributed by atoms with E-state index in [1.807, 2.05) is 18.2 Å². The molecule has 6 heteroatoms. The number of ether oxygens (including phenoxy) is 1. The van der Waals surface area contributed by atoms with Gasteiger partial charge in [0.15, 0.2) is 5.78 Å². The monoisotopic (exact) mass is 388 g/mol. The summed E-state index contributed by atoms with van der Waals surface area (Å²) in [6.07, 6.45) is 3.25. The van der Waals surface area contributed by atoms with Crippen molar-refractivity contribution in [3.05, 3.63) is 101 Å². The molecule has 0 spiro atoms. The van der Waals surface area contributed by atoms with E-state index in [-0.39, 0.29) is 12.2 Å². The minimum atomic E-state index is -0.851. The van der Waals surface area contributed by atoms with E-state index in [9.17, 15) is 14.4 Å². The predicted molar refractivity (Wildman–Crippen MR) is 108 cm³/mol. The minimum absolute atomic E-state index is 0.0762. The summed E-state index contributed by atoms with van der Waals surface area (Å²) in [5.41, 5.74) is 2.35. The number of ketones is 1. The maximum atomic E-state index is 12.5. The normalized spacial score (nSPS) is 11.3. The number of rotatable bonds is 7. The van der Waals surface area contributed by atoms with Gasteiger partial charge in [0.05, 0.1) is 7.11 Å². The van der Waals surface area contributed by atoms with Crippen LogP contribution in [0, 0.1) is 0 Å². The first-order chi connectivity index (χ1) is 14.1. The van der Waals surface area contributed by atoms with Crippen LogP contribution < -0.4 is 5.32 Å². The molecule has 0 radical (unpaired) electrons. The van der Waals surface area contributed by atoms with Crippen LogP contribution in [-0.2, 0) is 16.0 Å². The summed E-state index contributed by atoms with van der Waals surface area (Å²) >= 11 is 0. The fourth-order valence-electron chi connectivity index (χ4n) is 2.86. The lowest BCUT2D eigenvalue weighted by molar-refractivity contribution is -0.142. The highest BCUT2D eigenvalue weighted by Crippen LogP contribution is 2.13. The fraction of sp³-hybridized carbons (Fsp3) is 0.130. The zero-order valence-electron chi connectivity index (χ0n) is 15.9. The summed E-state index contributed by atoms with van der Waals surface area (Å²) < 4.78 is 4.82. The Balaban J connectivity index is 1.72. The van der Waals surface area contributed by atoms with E-state index in [1.54, 1.807) is 48.5 Å². The van der Waals surface area contributed by atoms with Crippen molar-refractivity contribution in [2.24, 2.45) is 0 Å². The third-order valence-electron chi connectivity index (χ3n) is 4.43. The summed E-state index contributed by atoms with van der Waals surface area (Å²) in [7, 11) is 1.27. The zero-order valence-corrected chi connectivity index (χ0v) is 15.9. The van der Waals surface area contributed by atoms with Crippen molar-refractivity contribution < 1.29 is 19.1 Å². The van der Waals surface area contributed by atoms with Gasteiger partial charge in [-0.15, -0.1) is 0 Å². The molecule has 6 nitrogen and oxygen atoms in total. The molecule has 1 N–H and O–H groups in total. The molecule has 0 aliphatic carbocycles. The van der Waals surface area contributed by atoms with Crippen LogP contribution in [0.5, 0.6) is 0 Å². The summed E-state index contributed by atoms with van der Waals surface area (Å²) in [4.78, 5) is 40.9. The molecule has 3 aromatic rings. The molecular formula is C23H20N2O4. The highest BCUT2D eigenvalue weighted by atomic mass is 16.5. The number of nitrogens with zero attached hydrogens (tertiary/aromatic N) is 1. The van der Waals surface area contributed by atoms with E-state index < -0.39 is 17.9 Å². The lowest BCUT2D eigenvalue weighted by Crippen LogP contribution is -2.43. The third kappa shape index (κ3) is 5.13. The molecule has 0 bridgehead atoms. The summed E-state index contributed by atoms with van der Waals surface area (Å²) in [6.45, 7) is 0. The van der Waals surface area contributed by atoms with Crippen LogP contribution in [0.4, 0.5) is 0 Å². The van der Waals surface area contributed by atoms with Crippen molar-refractivity contribution in [2.75, 3.05) is 7.11 Å². The number of carbonyl (C=O) groups excluding carboxylic acids is 3. The number of benzene rings is 2. The van der Waals surface area contributed by atoms with E-state index in [1.165, 1.54) is 19.5 Å². The largest absolute Gasteiger partial charge is 0.467 e. The second-order valence-corrected chi connectivity index (χ2v) is 6.38. The molecule has 1 atom stereocenters. The second kappa shape index (κ2) is 9.41. The first-order valence-electron chi connectivity index (χ1n) is 9.06. The molecule has 0 saturated heterocycles. The number of pyridine rings is 1.